The molecule has 0 radical (unpaired) electrons. The summed E-state index contributed by atoms with van der Waals surface area (Å²) in [5.74, 6) is -0.348. The fourth-order valence-electron chi connectivity index (χ4n) is 3.89. The molecule has 0 bridgehead atoms. The highest BCUT2D eigenvalue weighted by Gasteiger charge is 2.25. The maximum atomic E-state index is 13.4. The van der Waals surface area contributed by atoms with Crippen LogP contribution >= 0.6 is 23.2 Å². The van der Waals surface area contributed by atoms with Crippen molar-refractivity contribution in [1.82, 2.24) is 0 Å². The van der Waals surface area contributed by atoms with Crippen LogP contribution in [0.2, 0.25) is 10.0 Å². The maximum Gasteiger partial charge on any atom is 0.261 e. The van der Waals surface area contributed by atoms with Crippen LogP contribution in [-0.2, 0) is 24.7 Å². The Morgan fingerprint density at radius 1 is 0.810 bits per heavy atom. The molecule has 0 saturated carbocycles. The van der Waals surface area contributed by atoms with E-state index < -0.39 is 25.8 Å². The molecule has 0 saturated heterocycles. The Labute approximate surface area is 254 Å². The van der Waals surface area contributed by atoms with Crippen molar-refractivity contribution in [3.8, 4) is 5.75 Å². The molecule has 0 heterocycles. The van der Waals surface area contributed by atoms with E-state index in [9.17, 15) is 21.6 Å². The Kier molecular flexibility index (Phi) is 9.67. The van der Waals surface area contributed by atoms with Crippen molar-refractivity contribution in [3.05, 3.63) is 101 Å². The van der Waals surface area contributed by atoms with Gasteiger partial charge in [0, 0.05) is 5.69 Å². The van der Waals surface area contributed by atoms with Crippen LogP contribution in [0.3, 0.4) is 0 Å². The van der Waals surface area contributed by atoms with E-state index in [1.165, 1.54) is 54.6 Å². The van der Waals surface area contributed by atoms with Gasteiger partial charge in [0.1, 0.15) is 4.90 Å². The van der Waals surface area contributed by atoms with Crippen LogP contribution < -0.4 is 20.1 Å². The molecule has 0 aliphatic heterocycles. The minimum absolute atomic E-state index is 0.0249. The zero-order valence-corrected chi connectivity index (χ0v) is 25.7. The second-order valence-electron chi connectivity index (χ2n) is 9.02. The SMILES string of the molecule is CCOc1c(NCC(=O)Nc2ccc(S(=O)(=O)Nc3cccc(Cl)c3Cl)cc2)cccc1S(=O)(=O)c1ccc(C)cc1. The van der Waals surface area contributed by atoms with Crippen molar-refractivity contribution >= 4 is 66.0 Å². The quantitative estimate of drug-likeness (QED) is 0.172. The molecule has 220 valence electrons. The molecule has 0 aliphatic rings. The molecule has 4 aromatic carbocycles. The van der Waals surface area contributed by atoms with Crippen LogP contribution in [0, 0.1) is 6.92 Å². The predicted octanol–water partition coefficient (Wildman–Crippen LogP) is 6.38. The number of rotatable bonds is 11. The van der Waals surface area contributed by atoms with Crippen LogP contribution in [0.25, 0.3) is 0 Å². The Morgan fingerprint density at radius 2 is 1.43 bits per heavy atom. The van der Waals surface area contributed by atoms with Gasteiger partial charge in [0.15, 0.2) is 5.75 Å². The van der Waals surface area contributed by atoms with Crippen LogP contribution in [0.1, 0.15) is 12.5 Å². The number of sulfone groups is 1. The zero-order valence-electron chi connectivity index (χ0n) is 22.5. The number of hydrogen-bond donors (Lipinski definition) is 3. The first-order valence-corrected chi connectivity index (χ1v) is 16.3. The second-order valence-corrected chi connectivity index (χ2v) is 13.4. The highest BCUT2D eigenvalue weighted by atomic mass is 35.5. The molecule has 3 N–H and O–H groups in total. The average Bonchev–Trinajstić information content (AvgIpc) is 2.95. The van der Waals surface area contributed by atoms with Gasteiger partial charge < -0.3 is 15.4 Å². The summed E-state index contributed by atoms with van der Waals surface area (Å²) in [5, 5.41) is 5.88. The first-order valence-electron chi connectivity index (χ1n) is 12.6. The number of hydrogen-bond acceptors (Lipinski definition) is 7. The molecule has 0 unspecified atom stereocenters. The van der Waals surface area contributed by atoms with Gasteiger partial charge >= 0.3 is 0 Å². The molecule has 0 aliphatic carbocycles. The first-order chi connectivity index (χ1) is 19.9. The minimum atomic E-state index is -3.97. The van der Waals surface area contributed by atoms with Gasteiger partial charge in [-0.1, -0.05) is 53.0 Å². The third-order valence-electron chi connectivity index (χ3n) is 5.97. The van der Waals surface area contributed by atoms with Gasteiger partial charge in [-0.15, -0.1) is 0 Å². The summed E-state index contributed by atoms with van der Waals surface area (Å²) in [6, 6.07) is 21.3. The van der Waals surface area contributed by atoms with Crippen molar-refractivity contribution < 1.29 is 26.4 Å². The van der Waals surface area contributed by atoms with Crippen LogP contribution in [0.15, 0.2) is 99.6 Å². The summed E-state index contributed by atoms with van der Waals surface area (Å²) < 4.78 is 60.4. The van der Waals surface area contributed by atoms with Crippen LogP contribution in [0.5, 0.6) is 5.75 Å². The van der Waals surface area contributed by atoms with Crippen molar-refractivity contribution in [3.63, 3.8) is 0 Å². The maximum absolute atomic E-state index is 13.4. The summed E-state index contributed by atoms with van der Waals surface area (Å²) in [6.45, 7) is 3.58. The fraction of sp³-hybridized carbons (Fsp3) is 0.138. The van der Waals surface area contributed by atoms with Crippen LogP contribution in [-0.4, -0.2) is 35.9 Å². The monoisotopic (exact) mass is 647 g/mol. The standard InChI is InChI=1S/C29H27Cl2N3O6S2/c1-3-40-29-25(8-5-9-26(29)41(36,37)21-14-10-19(2)11-15-21)32-18-27(35)33-20-12-16-22(17-13-20)42(38,39)34-24-7-4-6-23(30)28(24)31/h4-17,32,34H,3,18H2,1-2H3,(H,33,35). The minimum Gasteiger partial charge on any atom is -0.490 e. The predicted molar refractivity (Wildman–Crippen MR) is 165 cm³/mol. The molecule has 13 heteroatoms. The smallest absolute Gasteiger partial charge is 0.261 e. The number of carbonyl (C=O) groups excluding carboxylic acids is 1. The molecule has 4 rings (SSSR count). The van der Waals surface area contributed by atoms with E-state index in [4.69, 9.17) is 27.9 Å². The Morgan fingerprint density at radius 3 is 2.10 bits per heavy atom. The lowest BCUT2D eigenvalue weighted by Crippen LogP contribution is -2.22. The molecule has 42 heavy (non-hydrogen) atoms. The largest absolute Gasteiger partial charge is 0.490 e. The van der Waals surface area contributed by atoms with Gasteiger partial charge in [-0.25, -0.2) is 16.8 Å². The number of aryl methyl sites for hydroxylation is 1. The highest BCUT2D eigenvalue weighted by Crippen LogP contribution is 2.36. The second kappa shape index (κ2) is 13.0. The van der Waals surface area contributed by atoms with Gasteiger partial charge in [0.2, 0.25) is 15.7 Å². The number of anilines is 3. The summed E-state index contributed by atoms with van der Waals surface area (Å²) in [4.78, 5) is 12.7. The topological polar surface area (TPSA) is 131 Å². The number of carbonyl (C=O) groups is 1. The summed E-state index contributed by atoms with van der Waals surface area (Å²) in [5.41, 5.74) is 1.74. The molecule has 0 aromatic heterocycles. The van der Waals surface area contributed by atoms with Crippen molar-refractivity contribution in [2.75, 3.05) is 28.5 Å². The zero-order chi connectivity index (χ0) is 30.5. The number of sulfonamides is 1. The van der Waals surface area contributed by atoms with E-state index in [0.29, 0.717) is 11.4 Å². The number of ether oxygens (including phenoxy) is 1. The van der Waals surface area contributed by atoms with Crippen molar-refractivity contribution in [2.24, 2.45) is 0 Å². The molecule has 4 aromatic rings. The molecular weight excluding hydrogens is 621 g/mol. The third kappa shape index (κ3) is 7.16. The fourth-order valence-corrected chi connectivity index (χ4v) is 6.78. The van der Waals surface area contributed by atoms with Gasteiger partial charge in [-0.2, -0.15) is 0 Å². The average molecular weight is 649 g/mol. The number of amides is 1. The third-order valence-corrected chi connectivity index (χ3v) is 9.97. The van der Waals surface area contributed by atoms with Crippen molar-refractivity contribution in [1.29, 1.82) is 0 Å². The van der Waals surface area contributed by atoms with Crippen molar-refractivity contribution in [2.45, 2.75) is 28.5 Å². The van der Waals surface area contributed by atoms with E-state index in [-0.39, 0.29) is 49.3 Å². The Bertz CT molecular complexity index is 1810. The van der Waals surface area contributed by atoms with E-state index >= 15 is 0 Å². The molecule has 0 atom stereocenters. The molecular formula is C29H27Cl2N3O6S2. The Hall–Kier alpha value is -3.77. The van der Waals surface area contributed by atoms with E-state index in [2.05, 4.69) is 15.4 Å². The molecule has 0 fully saturated rings. The Balaban J connectivity index is 1.45. The lowest BCUT2D eigenvalue weighted by atomic mass is 10.2. The number of benzene rings is 4. The lowest BCUT2D eigenvalue weighted by molar-refractivity contribution is -0.114. The number of nitrogens with one attached hydrogen (secondary N) is 3. The molecule has 0 spiro atoms. The van der Waals surface area contributed by atoms with E-state index in [0.717, 1.165) is 5.56 Å². The lowest BCUT2D eigenvalue weighted by Gasteiger charge is -2.17. The first kappa shape index (κ1) is 31.2. The van der Waals surface area contributed by atoms with Gasteiger partial charge in [-0.05, 0) is 74.5 Å². The van der Waals surface area contributed by atoms with Gasteiger partial charge in [-0.3, -0.25) is 9.52 Å². The summed E-state index contributed by atoms with van der Waals surface area (Å²) >= 11 is 12.0. The molecule has 9 nitrogen and oxygen atoms in total. The van der Waals surface area contributed by atoms with E-state index in [1.54, 1.807) is 37.3 Å². The van der Waals surface area contributed by atoms with Gasteiger partial charge in [0.25, 0.3) is 10.0 Å². The summed E-state index contributed by atoms with van der Waals surface area (Å²) in [6.07, 6.45) is 0. The number of halogens is 2. The normalized spacial score (nSPS) is 11.5. The van der Waals surface area contributed by atoms with Gasteiger partial charge in [0.05, 0.1) is 44.4 Å². The molecule has 1 amide bonds. The van der Waals surface area contributed by atoms with Crippen LogP contribution in [0.4, 0.5) is 17.1 Å². The number of para-hydroxylation sites is 1. The van der Waals surface area contributed by atoms with E-state index in [1.807, 2.05) is 6.92 Å². The summed E-state index contributed by atoms with van der Waals surface area (Å²) in [7, 11) is -7.87. The highest BCUT2D eigenvalue weighted by molar-refractivity contribution is 7.92.